The quantitative estimate of drug-likeness (QED) is 0.203. The molecule has 0 aliphatic rings. The average molecular weight is 584 g/mol. The van der Waals surface area contributed by atoms with Gasteiger partial charge in [-0.1, -0.05) is 24.3 Å². The van der Waals surface area contributed by atoms with Crippen molar-refractivity contribution < 1.29 is 36.3 Å². The predicted molar refractivity (Wildman–Crippen MR) is 151 cm³/mol. The van der Waals surface area contributed by atoms with E-state index >= 15 is 0 Å². The molecule has 1 amide bonds. The maximum Gasteiger partial charge on any atom is 0.303 e. The molecule has 0 saturated heterocycles. The number of aliphatic carboxylic acids is 1. The van der Waals surface area contributed by atoms with Crippen molar-refractivity contribution >= 4 is 59.8 Å². The monoisotopic (exact) mass is 583 g/mol. The molecule has 0 aliphatic heterocycles. The number of nitrogens with one attached hydrogen (secondary N) is 3. The molecule has 0 spiro atoms. The Kier molecular flexibility index (Phi) is 8.26. The topological polar surface area (TPSA) is 168 Å². The Morgan fingerprint density at radius 1 is 0.700 bits per heavy atom. The van der Waals surface area contributed by atoms with Crippen molar-refractivity contribution in [3.63, 3.8) is 0 Å². The number of benzene rings is 4. The smallest absolute Gasteiger partial charge is 0.303 e. The second kappa shape index (κ2) is 11.6. The fraction of sp³-hybridized carbons (Fsp3) is 0.111. The molecule has 0 saturated carbocycles. The number of carboxylic acid groups (broad SMARTS) is 1. The molecule has 0 fully saturated rings. The Balaban J connectivity index is 1.56. The molecular weight excluding hydrogens is 558 g/mol. The highest BCUT2D eigenvalue weighted by Gasteiger charge is 2.19. The summed E-state index contributed by atoms with van der Waals surface area (Å²) in [5, 5.41) is 12.1. The molecule has 13 heteroatoms. The minimum atomic E-state index is -4.06. The standard InChI is InChI=1S/C27H25N3O8S2/c1-38-19-8-12-21(13-9-19)40(36,37)30-25-15-14-24(22-4-2-3-5-23(22)25)29-39(34,35)20-10-6-18(7-11-20)28-26(31)16-17-27(32)33/h2-15,29-30H,16-17H2,1H3,(H,28,31)(H,32,33). The molecule has 208 valence electrons. The van der Waals surface area contributed by atoms with Gasteiger partial charge in [0, 0.05) is 22.9 Å². The van der Waals surface area contributed by atoms with E-state index in [1.54, 1.807) is 24.3 Å². The summed E-state index contributed by atoms with van der Waals surface area (Å²) in [6.45, 7) is 0. The van der Waals surface area contributed by atoms with Crippen LogP contribution in [0.1, 0.15) is 12.8 Å². The van der Waals surface area contributed by atoms with Gasteiger partial charge in [-0.25, -0.2) is 16.8 Å². The molecule has 4 rings (SSSR count). The van der Waals surface area contributed by atoms with Crippen molar-refractivity contribution in [3.8, 4) is 5.75 Å². The molecule has 0 radical (unpaired) electrons. The number of fused-ring (bicyclic) bond motifs is 1. The zero-order valence-electron chi connectivity index (χ0n) is 21.1. The Morgan fingerprint density at radius 3 is 1.62 bits per heavy atom. The number of methoxy groups -OCH3 is 1. The molecule has 11 nitrogen and oxygen atoms in total. The van der Waals surface area contributed by atoms with Gasteiger partial charge in [-0.05, 0) is 60.7 Å². The van der Waals surface area contributed by atoms with Crippen molar-refractivity contribution in [2.24, 2.45) is 0 Å². The lowest BCUT2D eigenvalue weighted by molar-refractivity contribution is -0.138. The highest BCUT2D eigenvalue weighted by Crippen LogP contribution is 2.33. The van der Waals surface area contributed by atoms with Gasteiger partial charge in [0.25, 0.3) is 20.0 Å². The summed E-state index contributed by atoms with van der Waals surface area (Å²) in [6.07, 6.45) is -0.534. The fourth-order valence-corrected chi connectivity index (χ4v) is 5.96. The van der Waals surface area contributed by atoms with Crippen LogP contribution in [0.3, 0.4) is 0 Å². The number of hydrogen-bond donors (Lipinski definition) is 4. The number of carbonyl (C=O) groups excluding carboxylic acids is 1. The number of amides is 1. The molecule has 0 aromatic heterocycles. The summed E-state index contributed by atoms with van der Waals surface area (Å²) in [5.41, 5.74) is 0.805. The summed E-state index contributed by atoms with van der Waals surface area (Å²) in [4.78, 5) is 22.4. The summed E-state index contributed by atoms with van der Waals surface area (Å²) in [7, 11) is -6.53. The zero-order chi connectivity index (χ0) is 28.9. The first-order valence-electron chi connectivity index (χ1n) is 11.8. The van der Waals surface area contributed by atoms with E-state index in [0.717, 1.165) is 0 Å². The second-order valence-electron chi connectivity index (χ2n) is 8.56. The lowest BCUT2D eigenvalue weighted by atomic mass is 10.1. The molecule has 4 N–H and O–H groups in total. The SMILES string of the molecule is COc1ccc(S(=O)(=O)Nc2ccc(NS(=O)(=O)c3ccc(NC(=O)CCC(=O)O)cc3)c3ccccc23)cc1. The number of hydrogen-bond acceptors (Lipinski definition) is 7. The minimum absolute atomic E-state index is 0.0312. The van der Waals surface area contributed by atoms with Crippen molar-refractivity contribution in [1.29, 1.82) is 0 Å². The minimum Gasteiger partial charge on any atom is -0.497 e. The van der Waals surface area contributed by atoms with E-state index < -0.39 is 31.9 Å². The Bertz CT molecular complexity index is 1770. The van der Waals surface area contributed by atoms with Crippen molar-refractivity contribution in [2.45, 2.75) is 22.6 Å². The summed E-state index contributed by atoms with van der Waals surface area (Å²) in [5.74, 6) is -1.10. The number of carbonyl (C=O) groups is 2. The predicted octanol–water partition coefficient (Wildman–Crippen LogP) is 4.25. The highest BCUT2D eigenvalue weighted by molar-refractivity contribution is 7.93. The van der Waals surface area contributed by atoms with E-state index in [-0.39, 0.29) is 34.0 Å². The third-order valence-electron chi connectivity index (χ3n) is 5.80. The zero-order valence-corrected chi connectivity index (χ0v) is 22.8. The third-order valence-corrected chi connectivity index (χ3v) is 8.56. The summed E-state index contributed by atoms with van der Waals surface area (Å²) >= 11 is 0. The van der Waals surface area contributed by atoms with E-state index in [1.165, 1.54) is 67.8 Å². The van der Waals surface area contributed by atoms with Crippen molar-refractivity contribution in [3.05, 3.63) is 84.9 Å². The van der Waals surface area contributed by atoms with Gasteiger partial charge in [0.1, 0.15) is 5.75 Å². The average Bonchev–Trinajstić information content (AvgIpc) is 2.93. The number of ether oxygens (including phenoxy) is 1. The van der Waals surface area contributed by atoms with Gasteiger partial charge >= 0.3 is 5.97 Å². The molecule has 40 heavy (non-hydrogen) atoms. The number of anilines is 3. The fourth-order valence-electron chi connectivity index (χ4n) is 3.80. The molecule has 0 aliphatic carbocycles. The van der Waals surface area contributed by atoms with Crippen LogP contribution in [-0.4, -0.2) is 40.9 Å². The van der Waals surface area contributed by atoms with Gasteiger partial charge in [-0.2, -0.15) is 0 Å². The van der Waals surface area contributed by atoms with Crippen LogP contribution < -0.4 is 19.5 Å². The van der Waals surface area contributed by atoms with Crippen LogP contribution in [0.4, 0.5) is 17.1 Å². The molecular formula is C27H25N3O8S2. The number of carboxylic acids is 1. The van der Waals surface area contributed by atoms with E-state index in [0.29, 0.717) is 22.2 Å². The maximum absolute atomic E-state index is 13.1. The van der Waals surface area contributed by atoms with Gasteiger partial charge in [-0.3, -0.25) is 19.0 Å². The third kappa shape index (κ3) is 6.68. The van der Waals surface area contributed by atoms with Crippen molar-refractivity contribution in [1.82, 2.24) is 0 Å². The number of sulfonamides is 2. The van der Waals surface area contributed by atoms with Gasteiger partial charge in [0.15, 0.2) is 0 Å². The van der Waals surface area contributed by atoms with Crippen LogP contribution >= 0.6 is 0 Å². The van der Waals surface area contributed by atoms with Crippen molar-refractivity contribution in [2.75, 3.05) is 21.9 Å². The van der Waals surface area contributed by atoms with Crippen LogP contribution in [0.2, 0.25) is 0 Å². The molecule has 0 unspecified atom stereocenters. The van der Waals surface area contributed by atoms with E-state index in [9.17, 15) is 26.4 Å². The van der Waals surface area contributed by atoms with Gasteiger partial charge in [-0.15, -0.1) is 0 Å². The first-order valence-corrected chi connectivity index (χ1v) is 14.8. The van der Waals surface area contributed by atoms with Gasteiger partial charge in [0.2, 0.25) is 5.91 Å². The molecule has 0 heterocycles. The Hall–Kier alpha value is -4.62. The second-order valence-corrected chi connectivity index (χ2v) is 11.9. The highest BCUT2D eigenvalue weighted by atomic mass is 32.2. The number of rotatable bonds is 11. The van der Waals surface area contributed by atoms with Gasteiger partial charge in [0.05, 0.1) is 34.7 Å². The molecule has 0 bridgehead atoms. The molecule has 4 aromatic rings. The first-order chi connectivity index (χ1) is 19.0. The van der Waals surface area contributed by atoms with Crippen LogP contribution in [0.15, 0.2) is 94.7 Å². The van der Waals surface area contributed by atoms with Crippen LogP contribution in [-0.2, 0) is 29.6 Å². The lowest BCUT2D eigenvalue weighted by Crippen LogP contribution is -2.15. The van der Waals surface area contributed by atoms with Crippen LogP contribution in [0, 0.1) is 0 Å². The Labute approximate surface area is 230 Å². The van der Waals surface area contributed by atoms with Crippen LogP contribution in [0.25, 0.3) is 10.8 Å². The van der Waals surface area contributed by atoms with Crippen LogP contribution in [0.5, 0.6) is 5.75 Å². The van der Waals surface area contributed by atoms with Gasteiger partial charge < -0.3 is 15.2 Å². The van der Waals surface area contributed by atoms with E-state index in [4.69, 9.17) is 9.84 Å². The largest absolute Gasteiger partial charge is 0.497 e. The Morgan fingerprint density at radius 2 is 1.18 bits per heavy atom. The maximum atomic E-state index is 13.1. The molecule has 0 atom stereocenters. The normalized spacial score (nSPS) is 11.5. The van der Waals surface area contributed by atoms with E-state index in [1.807, 2.05) is 0 Å². The first kappa shape index (κ1) is 28.4. The molecule has 4 aromatic carbocycles. The summed E-state index contributed by atoms with van der Waals surface area (Å²) < 4.78 is 62.4. The summed E-state index contributed by atoms with van der Waals surface area (Å²) in [6, 6.07) is 20.9. The lowest BCUT2D eigenvalue weighted by Gasteiger charge is -2.15. The van der Waals surface area contributed by atoms with E-state index in [2.05, 4.69) is 14.8 Å².